The number of amides is 2. The molecule has 6 heteroatoms. The molecule has 6 nitrogen and oxygen atoms in total. The molecule has 0 aliphatic rings. The molecular formula is C8H15N5O. The van der Waals surface area contributed by atoms with Gasteiger partial charge in [0, 0.05) is 25.8 Å². The van der Waals surface area contributed by atoms with Gasteiger partial charge in [0.2, 0.25) is 0 Å². The van der Waals surface area contributed by atoms with Gasteiger partial charge in [-0.2, -0.15) is 0 Å². The molecule has 1 aromatic rings. The number of aryl methyl sites for hydroxylation is 1. The van der Waals surface area contributed by atoms with Crippen LogP contribution in [-0.4, -0.2) is 34.1 Å². The lowest BCUT2D eigenvalue weighted by atomic mass is 10.4. The highest BCUT2D eigenvalue weighted by atomic mass is 16.2. The van der Waals surface area contributed by atoms with Gasteiger partial charge in [-0.3, -0.25) is 4.68 Å². The van der Waals surface area contributed by atoms with E-state index >= 15 is 0 Å². The summed E-state index contributed by atoms with van der Waals surface area (Å²) in [4.78, 5) is 10.9. The molecule has 2 amide bonds. The molecule has 0 atom stereocenters. The number of carbonyl (C=O) groups is 1. The number of nitrogens with one attached hydrogen (secondary N) is 2. The minimum Gasteiger partial charge on any atom is -0.338 e. The van der Waals surface area contributed by atoms with E-state index in [1.165, 1.54) is 0 Å². The van der Waals surface area contributed by atoms with Crippen molar-refractivity contribution in [1.29, 1.82) is 0 Å². The van der Waals surface area contributed by atoms with Crippen molar-refractivity contribution in [3.8, 4) is 0 Å². The van der Waals surface area contributed by atoms with E-state index in [2.05, 4.69) is 20.9 Å². The zero-order valence-corrected chi connectivity index (χ0v) is 8.23. The SMILES string of the molecule is CCNC(=O)NCCCn1ccnn1. The monoisotopic (exact) mass is 197 g/mol. The number of carbonyl (C=O) groups excluding carboxylic acids is 1. The summed E-state index contributed by atoms with van der Waals surface area (Å²) in [6.07, 6.45) is 4.28. The van der Waals surface area contributed by atoms with Gasteiger partial charge in [0.15, 0.2) is 0 Å². The van der Waals surface area contributed by atoms with Crippen molar-refractivity contribution in [3.63, 3.8) is 0 Å². The normalized spacial score (nSPS) is 9.79. The van der Waals surface area contributed by atoms with E-state index in [0.29, 0.717) is 13.1 Å². The molecule has 2 N–H and O–H groups in total. The third kappa shape index (κ3) is 3.88. The van der Waals surface area contributed by atoms with Crippen LogP contribution >= 0.6 is 0 Å². The number of hydrogen-bond donors (Lipinski definition) is 2. The molecule has 0 saturated heterocycles. The van der Waals surface area contributed by atoms with E-state index in [1.807, 2.05) is 6.92 Å². The Morgan fingerprint density at radius 3 is 3.00 bits per heavy atom. The van der Waals surface area contributed by atoms with Crippen LogP contribution in [0, 0.1) is 0 Å². The van der Waals surface area contributed by atoms with E-state index in [-0.39, 0.29) is 6.03 Å². The predicted octanol–water partition coefficient (Wildman–Crippen LogP) is -0.0127. The van der Waals surface area contributed by atoms with Crippen molar-refractivity contribution in [2.45, 2.75) is 19.9 Å². The van der Waals surface area contributed by atoms with Gasteiger partial charge < -0.3 is 10.6 Å². The topological polar surface area (TPSA) is 71.8 Å². The second-order valence-electron chi connectivity index (χ2n) is 2.81. The molecule has 0 aliphatic heterocycles. The maximum atomic E-state index is 10.9. The van der Waals surface area contributed by atoms with Crippen molar-refractivity contribution in [1.82, 2.24) is 25.6 Å². The Kier molecular flexibility index (Phi) is 4.46. The Morgan fingerprint density at radius 2 is 2.36 bits per heavy atom. The Bertz CT molecular complexity index is 259. The first-order chi connectivity index (χ1) is 6.83. The van der Waals surface area contributed by atoms with E-state index in [0.717, 1.165) is 13.0 Å². The largest absolute Gasteiger partial charge is 0.338 e. The molecule has 1 aromatic heterocycles. The molecule has 1 heterocycles. The molecular weight excluding hydrogens is 182 g/mol. The molecule has 1 rings (SSSR count). The Labute approximate surface area is 82.7 Å². The first-order valence-electron chi connectivity index (χ1n) is 4.68. The Morgan fingerprint density at radius 1 is 1.50 bits per heavy atom. The molecule has 0 bridgehead atoms. The maximum absolute atomic E-state index is 10.9. The second kappa shape index (κ2) is 5.95. The standard InChI is InChI=1S/C8H15N5O/c1-2-9-8(14)10-4-3-6-13-7-5-11-12-13/h5,7H,2-4,6H2,1H3,(H2,9,10,14). The van der Waals surface area contributed by atoms with Gasteiger partial charge in [0.25, 0.3) is 0 Å². The second-order valence-corrected chi connectivity index (χ2v) is 2.81. The van der Waals surface area contributed by atoms with Crippen LogP contribution in [0.2, 0.25) is 0 Å². The lowest BCUT2D eigenvalue weighted by molar-refractivity contribution is 0.241. The highest BCUT2D eigenvalue weighted by Crippen LogP contribution is 1.85. The third-order valence-electron chi connectivity index (χ3n) is 1.66. The summed E-state index contributed by atoms with van der Waals surface area (Å²) in [7, 11) is 0. The number of nitrogens with zero attached hydrogens (tertiary/aromatic N) is 3. The molecule has 0 aliphatic carbocycles. The average Bonchev–Trinajstić information content (AvgIpc) is 2.65. The van der Waals surface area contributed by atoms with Gasteiger partial charge in [0.1, 0.15) is 0 Å². The average molecular weight is 197 g/mol. The molecule has 14 heavy (non-hydrogen) atoms. The van der Waals surface area contributed by atoms with E-state index in [9.17, 15) is 4.79 Å². The fraction of sp³-hybridized carbons (Fsp3) is 0.625. The molecule has 0 fully saturated rings. The maximum Gasteiger partial charge on any atom is 0.314 e. The number of hydrogen-bond acceptors (Lipinski definition) is 3. The number of rotatable bonds is 5. The Hall–Kier alpha value is -1.59. The van der Waals surface area contributed by atoms with Crippen LogP contribution in [0.3, 0.4) is 0 Å². The summed E-state index contributed by atoms with van der Waals surface area (Å²) >= 11 is 0. The third-order valence-corrected chi connectivity index (χ3v) is 1.66. The Balaban J connectivity index is 2.02. The zero-order valence-electron chi connectivity index (χ0n) is 8.23. The van der Waals surface area contributed by atoms with Gasteiger partial charge in [0.05, 0.1) is 6.20 Å². The number of urea groups is 1. The molecule has 0 aromatic carbocycles. The van der Waals surface area contributed by atoms with Crippen molar-refractivity contribution < 1.29 is 4.79 Å². The van der Waals surface area contributed by atoms with Crippen molar-refractivity contribution in [2.75, 3.05) is 13.1 Å². The van der Waals surface area contributed by atoms with Crippen LogP contribution in [0.4, 0.5) is 4.79 Å². The van der Waals surface area contributed by atoms with Crippen molar-refractivity contribution in [3.05, 3.63) is 12.4 Å². The van der Waals surface area contributed by atoms with Crippen molar-refractivity contribution >= 4 is 6.03 Å². The fourth-order valence-electron chi connectivity index (χ4n) is 1.02. The summed E-state index contributed by atoms with van der Waals surface area (Å²) < 4.78 is 1.74. The quantitative estimate of drug-likeness (QED) is 0.652. The first-order valence-corrected chi connectivity index (χ1v) is 4.68. The van der Waals surface area contributed by atoms with Crippen LogP contribution < -0.4 is 10.6 Å². The van der Waals surface area contributed by atoms with Gasteiger partial charge in [-0.15, -0.1) is 5.10 Å². The summed E-state index contributed by atoms with van der Waals surface area (Å²) in [5.74, 6) is 0. The summed E-state index contributed by atoms with van der Waals surface area (Å²) in [5.41, 5.74) is 0. The van der Waals surface area contributed by atoms with Crippen LogP contribution in [0.25, 0.3) is 0 Å². The first kappa shape index (κ1) is 10.5. The van der Waals surface area contributed by atoms with Gasteiger partial charge in [-0.1, -0.05) is 5.21 Å². The minimum absolute atomic E-state index is 0.119. The van der Waals surface area contributed by atoms with Gasteiger partial charge >= 0.3 is 6.03 Å². The molecule has 0 unspecified atom stereocenters. The highest BCUT2D eigenvalue weighted by molar-refractivity contribution is 5.73. The van der Waals surface area contributed by atoms with Gasteiger partial charge in [-0.05, 0) is 13.3 Å². The smallest absolute Gasteiger partial charge is 0.314 e. The minimum atomic E-state index is -0.119. The predicted molar refractivity (Wildman–Crippen MR) is 51.7 cm³/mol. The van der Waals surface area contributed by atoms with Crippen molar-refractivity contribution in [2.24, 2.45) is 0 Å². The van der Waals surface area contributed by atoms with Crippen LogP contribution in [0.15, 0.2) is 12.4 Å². The van der Waals surface area contributed by atoms with Crippen LogP contribution in [0.1, 0.15) is 13.3 Å². The molecule has 0 spiro atoms. The lowest BCUT2D eigenvalue weighted by Gasteiger charge is -2.04. The number of aromatic nitrogens is 3. The summed E-state index contributed by atoms with van der Waals surface area (Å²) in [5, 5.41) is 12.9. The van der Waals surface area contributed by atoms with Gasteiger partial charge in [-0.25, -0.2) is 4.79 Å². The summed E-state index contributed by atoms with van der Waals surface area (Å²) in [6.45, 7) is 3.95. The van der Waals surface area contributed by atoms with Crippen LogP contribution in [0.5, 0.6) is 0 Å². The van der Waals surface area contributed by atoms with E-state index < -0.39 is 0 Å². The lowest BCUT2D eigenvalue weighted by Crippen LogP contribution is -2.36. The van der Waals surface area contributed by atoms with E-state index in [1.54, 1.807) is 17.1 Å². The summed E-state index contributed by atoms with van der Waals surface area (Å²) in [6, 6.07) is -0.119. The zero-order chi connectivity index (χ0) is 10.2. The van der Waals surface area contributed by atoms with E-state index in [4.69, 9.17) is 0 Å². The molecule has 78 valence electrons. The molecule has 0 saturated carbocycles. The fourth-order valence-corrected chi connectivity index (χ4v) is 1.02. The molecule has 0 radical (unpaired) electrons. The van der Waals surface area contributed by atoms with Crippen LogP contribution in [-0.2, 0) is 6.54 Å². The highest BCUT2D eigenvalue weighted by Gasteiger charge is 1.96.